The number of aliphatic carboxylic acids is 1. The molecule has 0 spiro atoms. The molecule has 0 heterocycles. The van der Waals surface area contributed by atoms with Gasteiger partial charge in [0, 0.05) is 12.1 Å². The molecule has 1 atom stereocenters. The minimum Gasteiger partial charge on any atom is -0.480 e. The van der Waals surface area contributed by atoms with Crippen molar-refractivity contribution >= 4 is 12.0 Å². The molecule has 0 aromatic heterocycles. The third-order valence-electron chi connectivity index (χ3n) is 2.57. The van der Waals surface area contributed by atoms with Gasteiger partial charge in [-0.05, 0) is 47.8 Å². The SMILES string of the molecule is CC(CCN(C)C)NC(=O)N(CC(=O)O)C(C)C. The number of carbonyl (C=O) groups excluding carboxylic acids is 1. The lowest BCUT2D eigenvalue weighted by Crippen LogP contribution is -2.49. The average Bonchev–Trinajstić information content (AvgIpc) is 2.22. The Kier molecular flexibility index (Phi) is 7.35. The molecule has 6 nitrogen and oxygen atoms in total. The summed E-state index contributed by atoms with van der Waals surface area (Å²) < 4.78 is 0. The third-order valence-corrected chi connectivity index (χ3v) is 2.57. The van der Waals surface area contributed by atoms with E-state index in [4.69, 9.17) is 5.11 Å². The molecule has 0 aromatic rings. The van der Waals surface area contributed by atoms with Crippen molar-refractivity contribution in [2.45, 2.75) is 39.3 Å². The average molecular weight is 259 g/mol. The van der Waals surface area contributed by atoms with Crippen LogP contribution in [0, 0.1) is 0 Å². The topological polar surface area (TPSA) is 72.9 Å². The molecule has 0 fully saturated rings. The summed E-state index contributed by atoms with van der Waals surface area (Å²) in [4.78, 5) is 26.0. The van der Waals surface area contributed by atoms with Crippen LogP contribution in [-0.4, -0.2) is 66.2 Å². The predicted molar refractivity (Wildman–Crippen MR) is 70.6 cm³/mol. The fourth-order valence-electron chi connectivity index (χ4n) is 1.45. The Labute approximate surface area is 109 Å². The smallest absolute Gasteiger partial charge is 0.323 e. The van der Waals surface area contributed by atoms with E-state index in [2.05, 4.69) is 5.32 Å². The van der Waals surface area contributed by atoms with Crippen molar-refractivity contribution in [1.82, 2.24) is 15.1 Å². The first kappa shape index (κ1) is 16.7. The van der Waals surface area contributed by atoms with Gasteiger partial charge in [-0.2, -0.15) is 0 Å². The third kappa shape index (κ3) is 7.11. The summed E-state index contributed by atoms with van der Waals surface area (Å²) in [5.41, 5.74) is 0. The molecule has 106 valence electrons. The van der Waals surface area contributed by atoms with Gasteiger partial charge in [-0.1, -0.05) is 0 Å². The van der Waals surface area contributed by atoms with E-state index in [1.54, 1.807) is 13.8 Å². The van der Waals surface area contributed by atoms with E-state index < -0.39 is 5.97 Å². The van der Waals surface area contributed by atoms with Crippen LogP contribution in [0.15, 0.2) is 0 Å². The zero-order chi connectivity index (χ0) is 14.3. The quantitative estimate of drug-likeness (QED) is 0.710. The number of nitrogens with one attached hydrogen (secondary N) is 1. The van der Waals surface area contributed by atoms with Gasteiger partial charge < -0.3 is 20.2 Å². The molecule has 0 saturated carbocycles. The largest absolute Gasteiger partial charge is 0.480 e. The summed E-state index contributed by atoms with van der Waals surface area (Å²) in [6.45, 7) is 6.12. The summed E-state index contributed by atoms with van der Waals surface area (Å²) in [5, 5.41) is 11.6. The number of carboxylic acids is 1. The molecule has 1 unspecified atom stereocenters. The highest BCUT2D eigenvalue weighted by molar-refractivity contribution is 5.80. The van der Waals surface area contributed by atoms with E-state index >= 15 is 0 Å². The van der Waals surface area contributed by atoms with Gasteiger partial charge in [0.05, 0.1) is 0 Å². The number of rotatable bonds is 7. The molecule has 2 N–H and O–H groups in total. The van der Waals surface area contributed by atoms with Crippen LogP contribution in [0.2, 0.25) is 0 Å². The summed E-state index contributed by atoms with van der Waals surface area (Å²) in [6, 6.07) is -0.434. The van der Waals surface area contributed by atoms with Gasteiger partial charge in [-0.3, -0.25) is 4.79 Å². The highest BCUT2D eigenvalue weighted by Crippen LogP contribution is 2.01. The Morgan fingerprint density at radius 2 is 1.78 bits per heavy atom. The first-order chi connectivity index (χ1) is 8.23. The molecule has 0 rings (SSSR count). The molecule has 18 heavy (non-hydrogen) atoms. The Hall–Kier alpha value is -1.30. The second-order valence-electron chi connectivity index (χ2n) is 5.06. The van der Waals surface area contributed by atoms with Crippen molar-refractivity contribution < 1.29 is 14.7 Å². The second-order valence-corrected chi connectivity index (χ2v) is 5.06. The number of carbonyl (C=O) groups is 2. The number of urea groups is 1. The second kappa shape index (κ2) is 7.92. The van der Waals surface area contributed by atoms with Crippen LogP contribution in [0.5, 0.6) is 0 Å². The van der Waals surface area contributed by atoms with Crippen molar-refractivity contribution in [2.75, 3.05) is 27.2 Å². The van der Waals surface area contributed by atoms with Crippen LogP contribution in [0.3, 0.4) is 0 Å². The maximum atomic E-state index is 11.9. The molecule has 0 aliphatic rings. The fourth-order valence-corrected chi connectivity index (χ4v) is 1.45. The minimum atomic E-state index is -1.00. The summed E-state index contributed by atoms with van der Waals surface area (Å²) in [5.74, 6) is -1.00. The Morgan fingerprint density at radius 3 is 2.17 bits per heavy atom. The van der Waals surface area contributed by atoms with Gasteiger partial charge in [0.15, 0.2) is 0 Å². The van der Waals surface area contributed by atoms with Crippen LogP contribution < -0.4 is 5.32 Å². The molecule has 6 heteroatoms. The molecule has 0 bridgehead atoms. The molecule has 0 saturated heterocycles. The van der Waals surface area contributed by atoms with Crippen LogP contribution in [0.25, 0.3) is 0 Å². The Morgan fingerprint density at radius 1 is 1.22 bits per heavy atom. The van der Waals surface area contributed by atoms with Crippen molar-refractivity contribution in [1.29, 1.82) is 0 Å². The predicted octanol–water partition coefficient (Wildman–Crippen LogP) is 0.831. The maximum absolute atomic E-state index is 11.9. The van der Waals surface area contributed by atoms with Gasteiger partial charge >= 0.3 is 12.0 Å². The zero-order valence-corrected chi connectivity index (χ0v) is 11.9. The molecule has 0 aliphatic heterocycles. The first-order valence-corrected chi connectivity index (χ1v) is 6.17. The lowest BCUT2D eigenvalue weighted by atomic mass is 10.2. The molecular weight excluding hydrogens is 234 g/mol. The maximum Gasteiger partial charge on any atom is 0.323 e. The normalized spacial score (nSPS) is 12.6. The standard InChI is InChI=1S/C12H25N3O3/c1-9(2)15(8-11(16)17)12(18)13-10(3)6-7-14(4)5/h9-10H,6-8H2,1-5H3,(H,13,18)(H,16,17). The van der Waals surface area contributed by atoms with E-state index in [-0.39, 0.29) is 24.7 Å². The van der Waals surface area contributed by atoms with E-state index in [1.165, 1.54) is 4.90 Å². The van der Waals surface area contributed by atoms with Crippen LogP contribution >= 0.6 is 0 Å². The number of amides is 2. The van der Waals surface area contributed by atoms with Crippen LogP contribution in [0.1, 0.15) is 27.2 Å². The highest BCUT2D eigenvalue weighted by Gasteiger charge is 2.20. The number of hydrogen-bond donors (Lipinski definition) is 2. The number of hydrogen-bond acceptors (Lipinski definition) is 3. The van der Waals surface area contributed by atoms with Gasteiger partial charge in [0.1, 0.15) is 6.54 Å². The summed E-state index contributed by atoms with van der Waals surface area (Å²) in [6.07, 6.45) is 0.831. The van der Waals surface area contributed by atoms with Gasteiger partial charge in [-0.25, -0.2) is 4.79 Å². The van der Waals surface area contributed by atoms with Gasteiger partial charge in [0.25, 0.3) is 0 Å². The molecule has 0 radical (unpaired) electrons. The highest BCUT2D eigenvalue weighted by atomic mass is 16.4. The molecule has 0 aromatic carbocycles. The van der Waals surface area contributed by atoms with E-state index in [0.717, 1.165) is 13.0 Å². The Bertz CT molecular complexity index is 280. The lowest BCUT2D eigenvalue weighted by Gasteiger charge is -2.27. The van der Waals surface area contributed by atoms with Gasteiger partial charge in [0.2, 0.25) is 0 Å². The van der Waals surface area contributed by atoms with Crippen molar-refractivity contribution in [3.63, 3.8) is 0 Å². The van der Waals surface area contributed by atoms with Crippen molar-refractivity contribution in [3.05, 3.63) is 0 Å². The lowest BCUT2D eigenvalue weighted by molar-refractivity contribution is -0.138. The molecular formula is C12H25N3O3. The zero-order valence-electron chi connectivity index (χ0n) is 11.9. The van der Waals surface area contributed by atoms with Gasteiger partial charge in [-0.15, -0.1) is 0 Å². The van der Waals surface area contributed by atoms with E-state index in [0.29, 0.717) is 0 Å². The van der Waals surface area contributed by atoms with Crippen LogP contribution in [-0.2, 0) is 4.79 Å². The molecule has 0 aliphatic carbocycles. The van der Waals surface area contributed by atoms with Crippen molar-refractivity contribution in [3.8, 4) is 0 Å². The van der Waals surface area contributed by atoms with Crippen LogP contribution in [0.4, 0.5) is 4.79 Å². The first-order valence-electron chi connectivity index (χ1n) is 6.17. The molecule has 2 amide bonds. The summed E-state index contributed by atoms with van der Waals surface area (Å²) >= 11 is 0. The fraction of sp³-hybridized carbons (Fsp3) is 0.833. The van der Waals surface area contributed by atoms with E-state index in [1.807, 2.05) is 25.9 Å². The van der Waals surface area contributed by atoms with Crippen molar-refractivity contribution in [2.24, 2.45) is 0 Å². The monoisotopic (exact) mass is 259 g/mol. The number of nitrogens with zero attached hydrogens (tertiary/aromatic N) is 2. The Balaban J connectivity index is 4.28. The number of carboxylic acid groups (broad SMARTS) is 1. The minimum absolute atomic E-state index is 0.0231. The van der Waals surface area contributed by atoms with E-state index in [9.17, 15) is 9.59 Å². The summed E-state index contributed by atoms with van der Waals surface area (Å²) in [7, 11) is 3.94.